The molecule has 6 heteroatoms. The maximum Gasteiger partial charge on any atom is 0.340 e. The Kier molecular flexibility index (Phi) is 4.70. The summed E-state index contributed by atoms with van der Waals surface area (Å²) in [7, 11) is 0. The summed E-state index contributed by atoms with van der Waals surface area (Å²) in [6.07, 6.45) is 2.27. The number of hydrogen-bond donors (Lipinski definition) is 0. The molecular weight excluding hydrogens is 349 g/mol. The van der Waals surface area contributed by atoms with Crippen LogP contribution in [0.25, 0.3) is 0 Å². The molecule has 1 fully saturated rings. The molecular formula is C18H17Cl2NO3. The van der Waals surface area contributed by atoms with Gasteiger partial charge in [0.2, 0.25) is 5.78 Å². The maximum absolute atomic E-state index is 12.3. The van der Waals surface area contributed by atoms with Crippen molar-refractivity contribution in [2.75, 3.05) is 6.61 Å². The van der Waals surface area contributed by atoms with E-state index < -0.39 is 5.97 Å². The van der Waals surface area contributed by atoms with Crippen LogP contribution in [-0.2, 0) is 4.74 Å². The van der Waals surface area contributed by atoms with E-state index in [1.54, 1.807) is 6.07 Å². The highest BCUT2D eigenvalue weighted by molar-refractivity contribution is 6.36. The van der Waals surface area contributed by atoms with Gasteiger partial charge in [0.15, 0.2) is 6.61 Å². The molecule has 1 aliphatic rings. The number of aromatic nitrogens is 1. The molecule has 0 N–H and O–H groups in total. The number of carbonyl (C=O) groups is 2. The van der Waals surface area contributed by atoms with Gasteiger partial charge in [-0.15, -0.1) is 0 Å². The molecule has 1 aliphatic carbocycles. The summed E-state index contributed by atoms with van der Waals surface area (Å²) in [5.41, 5.74) is 2.72. The number of benzene rings is 1. The lowest BCUT2D eigenvalue weighted by Gasteiger charge is -2.08. The normalized spacial score (nSPS) is 13.8. The molecule has 0 saturated heterocycles. The first-order chi connectivity index (χ1) is 11.4. The summed E-state index contributed by atoms with van der Waals surface area (Å²) in [4.78, 5) is 24.5. The number of esters is 1. The number of carbonyl (C=O) groups excluding carboxylic acids is 2. The van der Waals surface area contributed by atoms with Crippen molar-refractivity contribution in [3.8, 4) is 0 Å². The predicted octanol–water partition coefficient (Wildman–Crippen LogP) is 4.79. The molecule has 1 heterocycles. The van der Waals surface area contributed by atoms with Gasteiger partial charge in [-0.05, 0) is 51.0 Å². The third-order valence-corrected chi connectivity index (χ3v) is 4.73. The zero-order chi connectivity index (χ0) is 17.4. The maximum atomic E-state index is 12.3. The Morgan fingerprint density at radius 1 is 1.17 bits per heavy atom. The molecule has 0 radical (unpaired) electrons. The largest absolute Gasteiger partial charge is 0.454 e. The Morgan fingerprint density at radius 2 is 1.88 bits per heavy atom. The van der Waals surface area contributed by atoms with E-state index in [1.165, 1.54) is 12.1 Å². The van der Waals surface area contributed by atoms with Crippen LogP contribution in [0.15, 0.2) is 24.3 Å². The van der Waals surface area contributed by atoms with Crippen molar-refractivity contribution in [1.82, 2.24) is 4.57 Å². The van der Waals surface area contributed by atoms with Gasteiger partial charge in [-0.3, -0.25) is 4.79 Å². The van der Waals surface area contributed by atoms with Crippen molar-refractivity contribution in [3.63, 3.8) is 0 Å². The van der Waals surface area contributed by atoms with Gasteiger partial charge in [0.25, 0.3) is 0 Å². The van der Waals surface area contributed by atoms with Crippen LogP contribution < -0.4 is 0 Å². The van der Waals surface area contributed by atoms with E-state index in [0.717, 1.165) is 24.2 Å². The van der Waals surface area contributed by atoms with Gasteiger partial charge in [0.1, 0.15) is 0 Å². The van der Waals surface area contributed by atoms with Gasteiger partial charge < -0.3 is 9.30 Å². The van der Waals surface area contributed by atoms with Crippen LogP contribution in [-0.4, -0.2) is 22.9 Å². The Morgan fingerprint density at radius 3 is 2.50 bits per heavy atom. The van der Waals surface area contributed by atoms with Crippen molar-refractivity contribution < 1.29 is 14.3 Å². The summed E-state index contributed by atoms with van der Waals surface area (Å²) < 4.78 is 7.35. The average Bonchev–Trinajstić information content (AvgIpc) is 3.30. The lowest BCUT2D eigenvalue weighted by atomic mass is 10.1. The molecule has 1 aromatic carbocycles. The van der Waals surface area contributed by atoms with Gasteiger partial charge >= 0.3 is 5.97 Å². The summed E-state index contributed by atoms with van der Waals surface area (Å²) >= 11 is 11.8. The standard InChI is InChI=1S/C18H17Cl2NO3/c1-10-7-15(11(2)21(10)13-4-5-13)18(23)24-9-17(22)14-6-3-12(19)8-16(14)20/h3,6-8,13H,4-5,9H2,1-2H3. The summed E-state index contributed by atoms with van der Waals surface area (Å²) in [5.74, 6) is -0.852. The first-order valence-corrected chi connectivity index (χ1v) is 8.48. The molecule has 3 rings (SSSR count). The third kappa shape index (κ3) is 3.35. The molecule has 0 aliphatic heterocycles. The van der Waals surface area contributed by atoms with Crippen molar-refractivity contribution in [3.05, 3.63) is 56.8 Å². The minimum atomic E-state index is -0.492. The molecule has 1 aromatic heterocycles. The number of rotatable bonds is 5. The fourth-order valence-corrected chi connectivity index (χ4v) is 3.39. The van der Waals surface area contributed by atoms with Crippen LogP contribution in [0.4, 0.5) is 0 Å². The number of aryl methyl sites for hydroxylation is 1. The molecule has 4 nitrogen and oxygen atoms in total. The van der Waals surface area contributed by atoms with E-state index in [-0.39, 0.29) is 23.0 Å². The van der Waals surface area contributed by atoms with Gasteiger partial charge in [-0.2, -0.15) is 0 Å². The van der Waals surface area contributed by atoms with Gasteiger partial charge in [0.05, 0.1) is 10.6 Å². The molecule has 0 atom stereocenters. The lowest BCUT2D eigenvalue weighted by Crippen LogP contribution is -2.15. The second-order valence-corrected chi connectivity index (χ2v) is 6.85. The highest BCUT2D eigenvalue weighted by atomic mass is 35.5. The quantitative estimate of drug-likeness (QED) is 0.565. The van der Waals surface area contributed by atoms with Crippen LogP contribution >= 0.6 is 23.2 Å². The van der Waals surface area contributed by atoms with E-state index in [0.29, 0.717) is 16.6 Å². The summed E-state index contributed by atoms with van der Waals surface area (Å²) in [6.45, 7) is 3.52. The topological polar surface area (TPSA) is 48.3 Å². The van der Waals surface area contributed by atoms with Crippen LogP contribution in [0.1, 0.15) is 51.0 Å². The van der Waals surface area contributed by atoms with E-state index >= 15 is 0 Å². The van der Waals surface area contributed by atoms with E-state index in [4.69, 9.17) is 27.9 Å². The smallest absolute Gasteiger partial charge is 0.340 e. The van der Waals surface area contributed by atoms with Crippen molar-refractivity contribution in [1.29, 1.82) is 0 Å². The highest BCUT2D eigenvalue weighted by Crippen LogP contribution is 2.38. The van der Waals surface area contributed by atoms with Crippen LogP contribution in [0.3, 0.4) is 0 Å². The Labute approximate surface area is 150 Å². The number of ketones is 1. The first-order valence-electron chi connectivity index (χ1n) is 7.72. The first kappa shape index (κ1) is 17.1. The number of nitrogens with zero attached hydrogens (tertiary/aromatic N) is 1. The molecule has 2 aromatic rings. The molecule has 0 bridgehead atoms. The van der Waals surface area contributed by atoms with E-state index in [1.807, 2.05) is 19.9 Å². The van der Waals surface area contributed by atoms with Crippen LogP contribution in [0, 0.1) is 13.8 Å². The minimum Gasteiger partial charge on any atom is -0.454 e. The van der Waals surface area contributed by atoms with Crippen molar-refractivity contribution >= 4 is 35.0 Å². The number of halogens is 2. The minimum absolute atomic E-state index is 0.246. The van der Waals surface area contributed by atoms with Gasteiger partial charge in [0, 0.05) is 28.0 Å². The Balaban J connectivity index is 1.69. The van der Waals surface area contributed by atoms with Gasteiger partial charge in [-0.25, -0.2) is 4.79 Å². The summed E-state index contributed by atoms with van der Waals surface area (Å²) in [6, 6.07) is 6.89. The SMILES string of the molecule is Cc1cc(C(=O)OCC(=O)c2ccc(Cl)cc2Cl)c(C)n1C1CC1. The van der Waals surface area contributed by atoms with E-state index in [2.05, 4.69) is 4.57 Å². The number of hydrogen-bond acceptors (Lipinski definition) is 3. The Bertz CT molecular complexity index is 822. The molecule has 126 valence electrons. The molecule has 1 saturated carbocycles. The molecule has 24 heavy (non-hydrogen) atoms. The second kappa shape index (κ2) is 6.61. The molecule has 0 amide bonds. The highest BCUT2D eigenvalue weighted by Gasteiger charge is 2.29. The molecule has 0 spiro atoms. The van der Waals surface area contributed by atoms with E-state index in [9.17, 15) is 9.59 Å². The Hall–Kier alpha value is -1.78. The second-order valence-electron chi connectivity index (χ2n) is 6.01. The monoisotopic (exact) mass is 365 g/mol. The fraction of sp³-hybridized carbons (Fsp3) is 0.333. The predicted molar refractivity (Wildman–Crippen MR) is 93.3 cm³/mol. The zero-order valence-electron chi connectivity index (χ0n) is 13.4. The fourth-order valence-electron chi connectivity index (χ4n) is 2.88. The van der Waals surface area contributed by atoms with Crippen LogP contribution in [0.5, 0.6) is 0 Å². The van der Waals surface area contributed by atoms with Crippen LogP contribution in [0.2, 0.25) is 10.0 Å². The molecule has 0 unspecified atom stereocenters. The lowest BCUT2D eigenvalue weighted by molar-refractivity contribution is 0.0474. The number of ether oxygens (including phenoxy) is 1. The zero-order valence-corrected chi connectivity index (χ0v) is 14.9. The van der Waals surface area contributed by atoms with Crippen molar-refractivity contribution in [2.24, 2.45) is 0 Å². The number of Topliss-reactive ketones (excluding diaryl/α,β-unsaturated/α-hetero) is 1. The average molecular weight is 366 g/mol. The van der Waals surface area contributed by atoms with Gasteiger partial charge in [-0.1, -0.05) is 23.2 Å². The van der Waals surface area contributed by atoms with Crippen molar-refractivity contribution in [2.45, 2.75) is 32.7 Å². The third-order valence-electron chi connectivity index (χ3n) is 4.18. The summed E-state index contributed by atoms with van der Waals surface area (Å²) in [5, 5.41) is 0.691.